The van der Waals surface area contributed by atoms with Crippen LogP contribution in [0.25, 0.3) is 5.65 Å². The van der Waals surface area contributed by atoms with Crippen molar-refractivity contribution in [2.75, 3.05) is 13.1 Å². The van der Waals surface area contributed by atoms with Gasteiger partial charge in [-0.1, -0.05) is 6.07 Å². The zero-order valence-corrected chi connectivity index (χ0v) is 15.5. The number of fused-ring (bicyclic) bond motifs is 1. The molecule has 27 heavy (non-hydrogen) atoms. The van der Waals surface area contributed by atoms with E-state index in [0.717, 1.165) is 35.5 Å². The van der Waals surface area contributed by atoms with E-state index in [-0.39, 0.29) is 12.1 Å². The van der Waals surface area contributed by atoms with Gasteiger partial charge in [-0.2, -0.15) is 0 Å². The molecule has 0 aliphatic heterocycles. The lowest BCUT2D eigenvalue weighted by molar-refractivity contribution is 0.585. The van der Waals surface area contributed by atoms with Gasteiger partial charge in [0.15, 0.2) is 5.96 Å². The van der Waals surface area contributed by atoms with Crippen molar-refractivity contribution in [2.24, 2.45) is 4.99 Å². The number of guanidine groups is 1. The molecule has 0 fully saturated rings. The molecule has 0 atom stereocenters. The van der Waals surface area contributed by atoms with Crippen LogP contribution in [0, 0.1) is 18.6 Å². The molecular formula is C20H23F2N5. The molecule has 142 valence electrons. The number of aryl methyl sites for hydroxylation is 1. The Morgan fingerprint density at radius 1 is 1.22 bits per heavy atom. The van der Waals surface area contributed by atoms with Crippen molar-refractivity contribution in [1.82, 2.24) is 20.0 Å². The highest BCUT2D eigenvalue weighted by molar-refractivity contribution is 5.79. The van der Waals surface area contributed by atoms with Crippen LogP contribution in [0.2, 0.25) is 0 Å². The molecule has 2 N–H and O–H groups in total. The average Bonchev–Trinajstić information content (AvgIpc) is 3.06. The first-order valence-corrected chi connectivity index (χ1v) is 8.96. The van der Waals surface area contributed by atoms with Crippen molar-refractivity contribution in [2.45, 2.75) is 26.8 Å². The Morgan fingerprint density at radius 2 is 2.07 bits per heavy atom. The highest BCUT2D eigenvalue weighted by Gasteiger charge is 2.06. The number of halogens is 2. The highest BCUT2D eigenvalue weighted by atomic mass is 19.1. The second kappa shape index (κ2) is 8.62. The summed E-state index contributed by atoms with van der Waals surface area (Å²) < 4.78 is 29.0. The molecule has 0 radical (unpaired) electrons. The third-order valence-corrected chi connectivity index (χ3v) is 4.16. The van der Waals surface area contributed by atoms with Gasteiger partial charge in [-0.3, -0.25) is 0 Å². The molecule has 3 aromatic rings. The summed E-state index contributed by atoms with van der Waals surface area (Å²) in [5.41, 5.74) is 3.28. The highest BCUT2D eigenvalue weighted by Crippen LogP contribution is 2.11. The molecule has 2 heterocycles. The van der Waals surface area contributed by atoms with Gasteiger partial charge in [-0.15, -0.1) is 0 Å². The van der Waals surface area contributed by atoms with Crippen LogP contribution in [0.4, 0.5) is 8.78 Å². The van der Waals surface area contributed by atoms with Crippen LogP contribution >= 0.6 is 0 Å². The van der Waals surface area contributed by atoms with Crippen molar-refractivity contribution >= 4 is 11.6 Å². The molecule has 0 saturated heterocycles. The van der Waals surface area contributed by atoms with E-state index in [9.17, 15) is 8.78 Å². The summed E-state index contributed by atoms with van der Waals surface area (Å²) in [5, 5.41) is 6.31. The third kappa shape index (κ3) is 4.81. The lowest BCUT2D eigenvalue weighted by atomic mass is 10.2. The number of hydrogen-bond donors (Lipinski definition) is 2. The zero-order chi connectivity index (χ0) is 19.2. The fourth-order valence-electron chi connectivity index (χ4n) is 2.80. The van der Waals surface area contributed by atoms with Crippen LogP contribution in [-0.4, -0.2) is 28.4 Å². The zero-order valence-electron chi connectivity index (χ0n) is 15.5. The van der Waals surface area contributed by atoms with Gasteiger partial charge in [0.05, 0.1) is 12.2 Å². The van der Waals surface area contributed by atoms with Crippen LogP contribution in [0.15, 0.2) is 47.7 Å². The number of pyridine rings is 1. The summed E-state index contributed by atoms with van der Waals surface area (Å²) in [6, 6.07) is 7.41. The maximum atomic E-state index is 13.7. The van der Waals surface area contributed by atoms with E-state index in [4.69, 9.17) is 0 Å². The van der Waals surface area contributed by atoms with Gasteiger partial charge in [-0.25, -0.2) is 18.8 Å². The summed E-state index contributed by atoms with van der Waals surface area (Å²) in [6.45, 7) is 5.34. The van der Waals surface area contributed by atoms with E-state index in [0.29, 0.717) is 19.0 Å². The smallest absolute Gasteiger partial charge is 0.191 e. The molecule has 0 spiro atoms. The molecule has 0 aliphatic rings. The predicted molar refractivity (Wildman–Crippen MR) is 103 cm³/mol. The van der Waals surface area contributed by atoms with Gasteiger partial charge in [0.25, 0.3) is 0 Å². The Morgan fingerprint density at radius 3 is 2.85 bits per heavy atom. The first-order valence-electron chi connectivity index (χ1n) is 8.96. The van der Waals surface area contributed by atoms with E-state index in [1.807, 2.05) is 42.8 Å². The van der Waals surface area contributed by atoms with Gasteiger partial charge in [0, 0.05) is 37.5 Å². The number of imidazole rings is 1. The van der Waals surface area contributed by atoms with Crippen LogP contribution in [-0.2, 0) is 13.0 Å². The van der Waals surface area contributed by atoms with Crippen molar-refractivity contribution < 1.29 is 8.78 Å². The van der Waals surface area contributed by atoms with E-state index < -0.39 is 11.6 Å². The topological polar surface area (TPSA) is 53.7 Å². The van der Waals surface area contributed by atoms with E-state index in [1.54, 1.807) is 0 Å². The van der Waals surface area contributed by atoms with Crippen molar-refractivity contribution in [3.63, 3.8) is 0 Å². The molecule has 1 aromatic carbocycles. The largest absolute Gasteiger partial charge is 0.357 e. The summed E-state index contributed by atoms with van der Waals surface area (Å²) in [4.78, 5) is 8.98. The van der Waals surface area contributed by atoms with E-state index in [1.165, 1.54) is 6.07 Å². The summed E-state index contributed by atoms with van der Waals surface area (Å²) >= 11 is 0. The maximum absolute atomic E-state index is 13.7. The van der Waals surface area contributed by atoms with Crippen LogP contribution in [0.3, 0.4) is 0 Å². The molecule has 0 amide bonds. The minimum atomic E-state index is -0.471. The van der Waals surface area contributed by atoms with Gasteiger partial charge in [-0.05, 0) is 43.7 Å². The molecule has 0 saturated carbocycles. The summed E-state index contributed by atoms with van der Waals surface area (Å²) in [5.74, 6) is -0.376. The number of rotatable bonds is 6. The summed E-state index contributed by atoms with van der Waals surface area (Å²) in [6.07, 6.45) is 4.71. The van der Waals surface area contributed by atoms with Crippen molar-refractivity contribution in [3.8, 4) is 0 Å². The number of nitrogens with zero attached hydrogens (tertiary/aromatic N) is 3. The second-order valence-electron chi connectivity index (χ2n) is 6.26. The fourth-order valence-corrected chi connectivity index (χ4v) is 2.80. The fraction of sp³-hybridized carbons (Fsp3) is 0.300. The number of aliphatic imine (C=N–C) groups is 1. The van der Waals surface area contributed by atoms with E-state index in [2.05, 4.69) is 20.6 Å². The third-order valence-electron chi connectivity index (χ3n) is 4.16. The lowest BCUT2D eigenvalue weighted by Crippen LogP contribution is -2.38. The van der Waals surface area contributed by atoms with Crippen molar-refractivity contribution in [3.05, 3.63) is 71.2 Å². The molecule has 0 bridgehead atoms. The summed E-state index contributed by atoms with van der Waals surface area (Å²) in [7, 11) is 0. The molecule has 5 nitrogen and oxygen atoms in total. The first kappa shape index (κ1) is 18.8. The monoisotopic (exact) mass is 371 g/mol. The predicted octanol–water partition coefficient (Wildman–Crippen LogP) is 3.22. The van der Waals surface area contributed by atoms with Gasteiger partial charge >= 0.3 is 0 Å². The maximum Gasteiger partial charge on any atom is 0.191 e. The Hall–Kier alpha value is -2.96. The lowest BCUT2D eigenvalue weighted by Gasteiger charge is -2.11. The first-order chi connectivity index (χ1) is 13.1. The van der Waals surface area contributed by atoms with E-state index >= 15 is 0 Å². The molecule has 7 heteroatoms. The second-order valence-corrected chi connectivity index (χ2v) is 6.26. The molecular weight excluding hydrogens is 348 g/mol. The molecule has 0 unspecified atom stereocenters. The normalized spacial score (nSPS) is 11.8. The number of hydrogen-bond acceptors (Lipinski definition) is 2. The molecule has 3 rings (SSSR count). The van der Waals surface area contributed by atoms with Crippen LogP contribution in [0.5, 0.6) is 0 Å². The van der Waals surface area contributed by atoms with Crippen LogP contribution in [0.1, 0.15) is 23.7 Å². The number of nitrogens with one attached hydrogen (secondary N) is 2. The molecule has 2 aromatic heterocycles. The van der Waals surface area contributed by atoms with Gasteiger partial charge < -0.3 is 15.0 Å². The Kier molecular flexibility index (Phi) is 6.01. The number of benzene rings is 1. The number of aromatic nitrogens is 2. The van der Waals surface area contributed by atoms with Gasteiger partial charge in [0.1, 0.15) is 17.3 Å². The quantitative estimate of drug-likeness (QED) is 0.517. The standard InChI is InChI=1S/C20H23F2N5/c1-3-23-20(25-12-15-11-16(21)6-7-18(15)22)24-9-8-17-13-27-10-4-5-14(2)19(27)26-17/h4-7,10-11,13H,3,8-9,12H2,1-2H3,(H2,23,24,25). The SMILES string of the molecule is CCNC(=NCc1cc(F)ccc1F)NCCc1cn2cccc(C)c2n1. The Labute approximate surface area is 157 Å². The Bertz CT molecular complexity index is 949. The minimum absolute atomic E-state index is 0.0620. The average molecular weight is 371 g/mol. The van der Waals surface area contributed by atoms with Crippen LogP contribution < -0.4 is 10.6 Å². The van der Waals surface area contributed by atoms with Crippen molar-refractivity contribution in [1.29, 1.82) is 0 Å². The minimum Gasteiger partial charge on any atom is -0.357 e. The van der Waals surface area contributed by atoms with Gasteiger partial charge in [0.2, 0.25) is 0 Å². The molecule has 0 aliphatic carbocycles. The Balaban J connectivity index is 1.61.